The minimum atomic E-state index is -1.05. The van der Waals surface area contributed by atoms with Crippen LogP contribution < -0.4 is 0 Å². The quantitative estimate of drug-likeness (QED) is 0.481. The fraction of sp³-hybridized carbons (Fsp3) is 0.600. The largest absolute Gasteiger partial charge is 0.395 e. The number of aliphatic hydroxyl groups excluding tert-OH is 4. The van der Waals surface area contributed by atoms with Gasteiger partial charge in [-0.2, -0.15) is 0 Å². The maximum atomic E-state index is 9.86. The molecule has 0 aromatic heterocycles. The van der Waals surface area contributed by atoms with E-state index in [9.17, 15) is 20.4 Å². The standard InChI is InChI=1S/C15H23NO5/c17-8-12-14(19)15(20)13(9-18)16(12)6-7-21-10-11-4-2-1-3-5-11/h1-5,12-15,17-20H,6-10H2/t12-,13-,14-,15-/m1/s1. The molecule has 21 heavy (non-hydrogen) atoms. The number of likely N-dealkylation sites (tertiary alicyclic amines) is 1. The molecular weight excluding hydrogens is 274 g/mol. The number of aliphatic hydroxyl groups is 4. The SMILES string of the molecule is OC[C@@H]1[C@@H](O)[C@H](O)[C@@H](CO)N1CCOCc1ccccc1. The second kappa shape index (κ2) is 7.84. The van der Waals surface area contributed by atoms with Gasteiger partial charge < -0.3 is 25.2 Å². The molecular formula is C15H23NO5. The van der Waals surface area contributed by atoms with E-state index >= 15 is 0 Å². The number of nitrogens with zero attached hydrogens (tertiary/aromatic N) is 1. The molecule has 0 unspecified atom stereocenters. The molecule has 0 saturated carbocycles. The third kappa shape index (κ3) is 3.79. The summed E-state index contributed by atoms with van der Waals surface area (Å²) in [7, 11) is 0. The van der Waals surface area contributed by atoms with Crippen molar-refractivity contribution < 1.29 is 25.2 Å². The van der Waals surface area contributed by atoms with Gasteiger partial charge in [0, 0.05) is 6.54 Å². The Kier molecular flexibility index (Phi) is 6.10. The predicted molar refractivity (Wildman–Crippen MR) is 76.6 cm³/mol. The van der Waals surface area contributed by atoms with Crippen molar-refractivity contribution in [2.24, 2.45) is 0 Å². The van der Waals surface area contributed by atoms with E-state index in [2.05, 4.69) is 0 Å². The third-order valence-corrected chi connectivity index (χ3v) is 3.97. The second-order valence-corrected chi connectivity index (χ2v) is 5.26. The van der Waals surface area contributed by atoms with Crippen molar-refractivity contribution >= 4 is 0 Å². The van der Waals surface area contributed by atoms with Crippen LogP contribution in [0.4, 0.5) is 0 Å². The summed E-state index contributed by atoms with van der Waals surface area (Å²) in [4.78, 5) is 1.71. The molecule has 6 heteroatoms. The summed E-state index contributed by atoms with van der Waals surface area (Å²) in [5, 5.41) is 38.4. The summed E-state index contributed by atoms with van der Waals surface area (Å²) in [6.45, 7) is 0.757. The molecule has 1 saturated heterocycles. The van der Waals surface area contributed by atoms with Gasteiger partial charge in [0.25, 0.3) is 0 Å². The van der Waals surface area contributed by atoms with Gasteiger partial charge in [0.2, 0.25) is 0 Å². The summed E-state index contributed by atoms with van der Waals surface area (Å²) >= 11 is 0. The van der Waals surface area contributed by atoms with Crippen LogP contribution in [0.15, 0.2) is 30.3 Å². The van der Waals surface area contributed by atoms with Gasteiger partial charge in [-0.05, 0) is 5.56 Å². The molecule has 1 aromatic carbocycles. The predicted octanol–water partition coefficient (Wildman–Crippen LogP) is -1.04. The van der Waals surface area contributed by atoms with Gasteiger partial charge in [-0.15, -0.1) is 0 Å². The first-order valence-electron chi connectivity index (χ1n) is 7.14. The summed E-state index contributed by atoms with van der Waals surface area (Å²) in [5.41, 5.74) is 1.07. The molecule has 1 heterocycles. The molecule has 4 atom stereocenters. The highest BCUT2D eigenvalue weighted by atomic mass is 16.5. The van der Waals surface area contributed by atoms with E-state index in [-0.39, 0.29) is 13.2 Å². The average Bonchev–Trinajstić information content (AvgIpc) is 2.75. The first-order chi connectivity index (χ1) is 10.2. The molecule has 0 amide bonds. The molecule has 0 spiro atoms. The van der Waals surface area contributed by atoms with Crippen LogP contribution in [0.3, 0.4) is 0 Å². The number of rotatable bonds is 7. The molecule has 1 fully saturated rings. The number of ether oxygens (including phenoxy) is 1. The number of benzene rings is 1. The highest BCUT2D eigenvalue weighted by Crippen LogP contribution is 2.24. The number of hydrogen-bond donors (Lipinski definition) is 4. The lowest BCUT2D eigenvalue weighted by molar-refractivity contribution is 0.0130. The van der Waals surface area contributed by atoms with E-state index in [0.29, 0.717) is 19.8 Å². The Morgan fingerprint density at radius 2 is 1.52 bits per heavy atom. The first-order valence-corrected chi connectivity index (χ1v) is 7.14. The Hall–Kier alpha value is -1.02. The van der Waals surface area contributed by atoms with Crippen LogP contribution in [-0.4, -0.2) is 76.0 Å². The van der Waals surface area contributed by atoms with Crippen LogP contribution in [0, 0.1) is 0 Å². The smallest absolute Gasteiger partial charge is 0.0992 e. The Balaban J connectivity index is 1.83. The number of hydrogen-bond acceptors (Lipinski definition) is 6. The maximum absolute atomic E-state index is 9.86. The lowest BCUT2D eigenvalue weighted by Crippen LogP contribution is -2.44. The molecule has 0 radical (unpaired) electrons. The van der Waals surface area contributed by atoms with Crippen molar-refractivity contribution in [3.8, 4) is 0 Å². The van der Waals surface area contributed by atoms with E-state index in [1.807, 2.05) is 30.3 Å². The monoisotopic (exact) mass is 297 g/mol. The summed E-state index contributed by atoms with van der Waals surface area (Å²) in [5.74, 6) is 0. The zero-order chi connectivity index (χ0) is 15.2. The Labute approximate surface area is 124 Å². The van der Waals surface area contributed by atoms with Crippen LogP contribution in [-0.2, 0) is 11.3 Å². The molecule has 0 bridgehead atoms. The minimum absolute atomic E-state index is 0.270. The van der Waals surface area contributed by atoms with Gasteiger partial charge in [0.15, 0.2) is 0 Å². The molecule has 2 rings (SSSR count). The lowest BCUT2D eigenvalue weighted by Gasteiger charge is -2.28. The van der Waals surface area contributed by atoms with Crippen LogP contribution in [0.25, 0.3) is 0 Å². The molecule has 6 nitrogen and oxygen atoms in total. The summed E-state index contributed by atoms with van der Waals surface area (Å²) in [6, 6.07) is 8.61. The molecule has 1 aliphatic heterocycles. The Morgan fingerprint density at radius 1 is 0.952 bits per heavy atom. The van der Waals surface area contributed by atoms with Crippen LogP contribution in [0.5, 0.6) is 0 Å². The Morgan fingerprint density at radius 3 is 2.05 bits per heavy atom. The van der Waals surface area contributed by atoms with Gasteiger partial charge in [-0.3, -0.25) is 4.90 Å². The topological polar surface area (TPSA) is 93.4 Å². The van der Waals surface area contributed by atoms with Crippen molar-refractivity contribution in [3.05, 3.63) is 35.9 Å². The molecule has 4 N–H and O–H groups in total. The highest BCUT2D eigenvalue weighted by molar-refractivity contribution is 5.13. The third-order valence-electron chi connectivity index (χ3n) is 3.97. The van der Waals surface area contributed by atoms with Gasteiger partial charge in [0.1, 0.15) is 0 Å². The van der Waals surface area contributed by atoms with Crippen molar-refractivity contribution in [2.75, 3.05) is 26.4 Å². The van der Waals surface area contributed by atoms with E-state index in [1.165, 1.54) is 0 Å². The minimum Gasteiger partial charge on any atom is -0.395 e. The van der Waals surface area contributed by atoms with Crippen molar-refractivity contribution in [1.82, 2.24) is 4.90 Å². The van der Waals surface area contributed by atoms with Crippen LogP contribution in [0.1, 0.15) is 5.56 Å². The summed E-state index contributed by atoms with van der Waals surface area (Å²) < 4.78 is 5.57. The van der Waals surface area contributed by atoms with Gasteiger partial charge >= 0.3 is 0 Å². The van der Waals surface area contributed by atoms with Gasteiger partial charge in [-0.1, -0.05) is 30.3 Å². The van der Waals surface area contributed by atoms with Gasteiger partial charge in [0.05, 0.1) is 50.7 Å². The highest BCUT2D eigenvalue weighted by Gasteiger charge is 2.46. The zero-order valence-electron chi connectivity index (χ0n) is 11.9. The Bertz CT molecular complexity index is 400. The lowest BCUT2D eigenvalue weighted by atomic mass is 10.1. The summed E-state index contributed by atoms with van der Waals surface area (Å²) in [6.07, 6.45) is -2.11. The normalized spacial score (nSPS) is 29.9. The maximum Gasteiger partial charge on any atom is 0.0992 e. The molecule has 0 aliphatic carbocycles. The van der Waals surface area contributed by atoms with E-state index < -0.39 is 24.3 Å². The van der Waals surface area contributed by atoms with Crippen LogP contribution >= 0.6 is 0 Å². The van der Waals surface area contributed by atoms with Crippen molar-refractivity contribution in [1.29, 1.82) is 0 Å². The van der Waals surface area contributed by atoms with E-state index in [0.717, 1.165) is 5.56 Å². The van der Waals surface area contributed by atoms with E-state index in [1.54, 1.807) is 4.90 Å². The van der Waals surface area contributed by atoms with Crippen molar-refractivity contribution in [3.63, 3.8) is 0 Å². The first kappa shape index (κ1) is 16.4. The average molecular weight is 297 g/mol. The second-order valence-electron chi connectivity index (χ2n) is 5.26. The molecule has 118 valence electrons. The van der Waals surface area contributed by atoms with Gasteiger partial charge in [-0.25, -0.2) is 0 Å². The fourth-order valence-electron chi connectivity index (χ4n) is 2.79. The molecule has 1 aliphatic rings. The molecule has 1 aromatic rings. The zero-order valence-corrected chi connectivity index (χ0v) is 11.9. The van der Waals surface area contributed by atoms with E-state index in [4.69, 9.17) is 4.74 Å². The van der Waals surface area contributed by atoms with Crippen molar-refractivity contribution in [2.45, 2.75) is 30.9 Å². The van der Waals surface area contributed by atoms with Crippen LogP contribution in [0.2, 0.25) is 0 Å². The fourth-order valence-corrected chi connectivity index (χ4v) is 2.79.